The lowest BCUT2D eigenvalue weighted by molar-refractivity contribution is 0.847. The molecule has 2 unspecified atom stereocenters. The Balaban J connectivity index is 2.25. The summed E-state index contributed by atoms with van der Waals surface area (Å²) in [5.74, 6) is 0.174. The van der Waals surface area contributed by atoms with Crippen LogP contribution in [0.25, 0.3) is 0 Å². The molecule has 0 radical (unpaired) electrons. The first-order valence-corrected chi connectivity index (χ1v) is 7.38. The molecule has 0 aromatic carbocycles. The van der Waals surface area contributed by atoms with E-state index in [0.717, 1.165) is 17.6 Å². The second-order valence-corrected chi connectivity index (χ2v) is 7.04. The fourth-order valence-electron chi connectivity index (χ4n) is 2.37. The van der Waals surface area contributed by atoms with Crippen LogP contribution in [0.15, 0.2) is 46.0 Å². The van der Waals surface area contributed by atoms with E-state index in [1.54, 1.807) is 6.08 Å². The van der Waals surface area contributed by atoms with Gasteiger partial charge in [-0.25, -0.2) is 0 Å². The number of allylic oxidation sites excluding steroid dienone is 7. The highest BCUT2D eigenvalue weighted by molar-refractivity contribution is 6.51. The molecule has 98 valence electrons. The Morgan fingerprint density at radius 1 is 1.39 bits per heavy atom. The zero-order valence-electron chi connectivity index (χ0n) is 10.0. The second-order valence-electron chi connectivity index (χ2n) is 4.67. The van der Waals surface area contributed by atoms with Crippen LogP contribution in [0.2, 0.25) is 0 Å². The van der Waals surface area contributed by atoms with Crippen molar-refractivity contribution >= 4 is 46.4 Å². The quantitative estimate of drug-likeness (QED) is 0.445. The normalized spacial score (nSPS) is 29.9. The van der Waals surface area contributed by atoms with Crippen molar-refractivity contribution in [1.29, 1.82) is 0 Å². The van der Waals surface area contributed by atoms with Crippen LogP contribution in [-0.2, 0) is 0 Å². The van der Waals surface area contributed by atoms with Crippen LogP contribution in [-0.4, -0.2) is 4.33 Å². The molecule has 0 spiro atoms. The van der Waals surface area contributed by atoms with Gasteiger partial charge in [-0.05, 0) is 24.1 Å². The molecular weight excluding hydrogens is 310 g/mol. The van der Waals surface area contributed by atoms with Crippen LogP contribution in [0, 0.1) is 11.8 Å². The largest absolute Gasteiger partial charge is 0.132 e. The zero-order chi connectivity index (χ0) is 13.5. The van der Waals surface area contributed by atoms with Gasteiger partial charge in [0.1, 0.15) is 4.33 Å². The molecule has 18 heavy (non-hydrogen) atoms. The number of alkyl halides is 2. The van der Waals surface area contributed by atoms with E-state index in [0.29, 0.717) is 16.5 Å². The lowest BCUT2D eigenvalue weighted by Crippen LogP contribution is -1.93. The standard InChI is InChI=1S/C14H14Cl4/c1-3-8(2)12-13(14(12,17)18)9-4-5-10(15)7-11(16)6-9/h4,6-7,12-13H,2-3,5H2,1H3. The number of hydrogen-bond acceptors (Lipinski definition) is 0. The number of halogens is 4. The second kappa shape index (κ2) is 5.25. The van der Waals surface area contributed by atoms with Crippen LogP contribution < -0.4 is 0 Å². The first-order valence-electron chi connectivity index (χ1n) is 5.86. The van der Waals surface area contributed by atoms with Crippen LogP contribution in [0.3, 0.4) is 0 Å². The monoisotopic (exact) mass is 322 g/mol. The van der Waals surface area contributed by atoms with Gasteiger partial charge in [-0.15, -0.1) is 23.2 Å². The minimum atomic E-state index is -0.761. The first-order chi connectivity index (χ1) is 8.37. The first kappa shape index (κ1) is 14.5. The number of rotatable bonds is 3. The van der Waals surface area contributed by atoms with Crippen molar-refractivity contribution in [3.05, 3.63) is 46.0 Å². The molecule has 4 heteroatoms. The number of hydrogen-bond donors (Lipinski definition) is 0. The van der Waals surface area contributed by atoms with E-state index in [4.69, 9.17) is 46.4 Å². The molecule has 0 aromatic rings. The van der Waals surface area contributed by atoms with Gasteiger partial charge in [0.25, 0.3) is 0 Å². The van der Waals surface area contributed by atoms with E-state index in [1.165, 1.54) is 0 Å². The fraction of sp³-hybridized carbons (Fsp3) is 0.429. The van der Waals surface area contributed by atoms with Crippen LogP contribution in [0.4, 0.5) is 0 Å². The fourth-order valence-corrected chi connectivity index (χ4v) is 3.82. The predicted molar refractivity (Wildman–Crippen MR) is 81.4 cm³/mol. The maximum absolute atomic E-state index is 6.36. The lowest BCUT2D eigenvalue weighted by atomic mass is 10.0. The summed E-state index contributed by atoms with van der Waals surface area (Å²) in [7, 11) is 0. The zero-order valence-corrected chi connectivity index (χ0v) is 13.0. The molecule has 1 fully saturated rings. The van der Waals surface area contributed by atoms with Crippen molar-refractivity contribution in [2.24, 2.45) is 11.8 Å². The molecule has 2 atom stereocenters. The topological polar surface area (TPSA) is 0 Å². The average Bonchev–Trinajstić information content (AvgIpc) is 2.89. The maximum atomic E-state index is 6.36. The van der Waals surface area contributed by atoms with Gasteiger partial charge in [0.2, 0.25) is 0 Å². The van der Waals surface area contributed by atoms with Gasteiger partial charge in [0, 0.05) is 28.3 Å². The highest BCUT2D eigenvalue weighted by atomic mass is 35.5. The van der Waals surface area contributed by atoms with Crippen molar-refractivity contribution in [2.75, 3.05) is 0 Å². The maximum Gasteiger partial charge on any atom is 0.132 e. The van der Waals surface area contributed by atoms with Gasteiger partial charge in [-0.2, -0.15) is 0 Å². The van der Waals surface area contributed by atoms with Crippen molar-refractivity contribution in [3.8, 4) is 0 Å². The molecule has 0 aliphatic heterocycles. The summed E-state index contributed by atoms with van der Waals surface area (Å²) in [5, 5.41) is 1.33. The Morgan fingerprint density at radius 2 is 2.06 bits per heavy atom. The Bertz CT molecular complexity index is 468. The summed E-state index contributed by atoms with van der Waals surface area (Å²) < 4.78 is -0.761. The molecule has 0 saturated heterocycles. The smallest absolute Gasteiger partial charge is 0.100 e. The van der Waals surface area contributed by atoms with Crippen molar-refractivity contribution in [2.45, 2.75) is 24.1 Å². The average molecular weight is 324 g/mol. The molecule has 0 aromatic heterocycles. The van der Waals surface area contributed by atoms with E-state index < -0.39 is 4.33 Å². The molecule has 2 aliphatic rings. The third kappa shape index (κ3) is 2.67. The lowest BCUT2D eigenvalue weighted by Gasteiger charge is -2.01. The third-order valence-electron chi connectivity index (χ3n) is 3.44. The van der Waals surface area contributed by atoms with E-state index >= 15 is 0 Å². The Morgan fingerprint density at radius 3 is 2.67 bits per heavy atom. The molecule has 2 aliphatic carbocycles. The van der Waals surface area contributed by atoms with Gasteiger partial charge in [-0.3, -0.25) is 0 Å². The summed E-state index contributed by atoms with van der Waals surface area (Å²) in [6, 6.07) is 0. The van der Waals surface area contributed by atoms with Gasteiger partial charge in [-0.1, -0.05) is 48.4 Å². The van der Waals surface area contributed by atoms with E-state index in [1.807, 2.05) is 12.2 Å². The highest BCUT2D eigenvalue weighted by Crippen LogP contribution is 2.66. The van der Waals surface area contributed by atoms with Gasteiger partial charge >= 0.3 is 0 Å². The Hall–Kier alpha value is 0.120. The molecule has 0 nitrogen and oxygen atoms in total. The summed E-state index contributed by atoms with van der Waals surface area (Å²) >= 11 is 24.8. The van der Waals surface area contributed by atoms with Crippen molar-refractivity contribution < 1.29 is 0 Å². The van der Waals surface area contributed by atoms with E-state index in [9.17, 15) is 0 Å². The van der Waals surface area contributed by atoms with Gasteiger partial charge < -0.3 is 0 Å². The van der Waals surface area contributed by atoms with E-state index in [2.05, 4.69) is 13.5 Å². The molecular formula is C14H14Cl4. The van der Waals surface area contributed by atoms with E-state index in [-0.39, 0.29) is 11.8 Å². The minimum Gasteiger partial charge on any atom is -0.100 e. The SMILES string of the molecule is C=C(CC)C1C(C2=CCC(Cl)=CC(Cl)=C2)C1(Cl)Cl. The Kier molecular flexibility index (Phi) is 4.23. The molecule has 0 heterocycles. The van der Waals surface area contributed by atoms with Crippen LogP contribution in [0.5, 0.6) is 0 Å². The molecule has 0 amide bonds. The predicted octanol–water partition coefficient (Wildman–Crippen LogP) is 5.95. The molecule has 0 bridgehead atoms. The summed E-state index contributed by atoms with van der Waals surface area (Å²) in [6.45, 7) is 6.10. The van der Waals surface area contributed by atoms with Crippen molar-refractivity contribution in [3.63, 3.8) is 0 Å². The summed E-state index contributed by atoms with van der Waals surface area (Å²) in [4.78, 5) is 0. The Labute approximate surface area is 128 Å². The van der Waals surface area contributed by atoms with Crippen LogP contribution >= 0.6 is 46.4 Å². The molecule has 1 saturated carbocycles. The highest BCUT2D eigenvalue weighted by Gasteiger charge is 2.64. The van der Waals surface area contributed by atoms with Crippen molar-refractivity contribution in [1.82, 2.24) is 0 Å². The third-order valence-corrected chi connectivity index (χ3v) is 4.86. The summed E-state index contributed by atoms with van der Waals surface area (Å²) in [5.41, 5.74) is 2.13. The van der Waals surface area contributed by atoms with Crippen LogP contribution in [0.1, 0.15) is 19.8 Å². The molecule has 2 rings (SSSR count). The van der Waals surface area contributed by atoms with Gasteiger partial charge in [0.15, 0.2) is 0 Å². The molecule has 0 N–H and O–H groups in total. The van der Waals surface area contributed by atoms with Gasteiger partial charge in [0.05, 0.1) is 0 Å². The summed E-state index contributed by atoms with van der Waals surface area (Å²) in [6.07, 6.45) is 7.23. The minimum absolute atomic E-state index is 0.0676.